The molecule has 1 aromatic carbocycles. The highest BCUT2D eigenvalue weighted by molar-refractivity contribution is 5.82. The number of nitrogens with one attached hydrogen (secondary N) is 1. The summed E-state index contributed by atoms with van der Waals surface area (Å²) in [5, 5.41) is 6.79. The van der Waals surface area contributed by atoms with Crippen LogP contribution in [0.25, 0.3) is 0 Å². The van der Waals surface area contributed by atoms with Crippen molar-refractivity contribution in [2.24, 2.45) is 0 Å². The number of likely N-dealkylation sites (N-methyl/N-ethyl adjacent to an activating group) is 1. The first-order chi connectivity index (χ1) is 16.0. The number of hydrogen-bond acceptors (Lipinski definition) is 6. The summed E-state index contributed by atoms with van der Waals surface area (Å²) in [6, 6.07) is 9.84. The van der Waals surface area contributed by atoms with Gasteiger partial charge in [0.2, 0.25) is 11.8 Å². The minimum Gasteiger partial charge on any atom is -0.489 e. The standard InChI is InChI=1S/C25H34N4O4/c1-17-22(18(2)33-27-17)9-10-24(30)28-13-11-19(12-14-28)29-16-21(15-23(29)25(31)26-3)32-20-7-5-4-6-8-20/h4-8,19,21,23H,9-16H2,1-3H3,(H,26,31)/t21-,23-/m0/s1. The molecule has 8 nitrogen and oxygen atoms in total. The molecule has 0 unspecified atom stereocenters. The molecule has 33 heavy (non-hydrogen) atoms. The molecule has 1 N–H and O–H groups in total. The summed E-state index contributed by atoms with van der Waals surface area (Å²) in [5.41, 5.74) is 1.90. The van der Waals surface area contributed by atoms with Gasteiger partial charge < -0.3 is 19.5 Å². The van der Waals surface area contributed by atoms with Crippen LogP contribution in [-0.4, -0.2) is 71.6 Å². The lowest BCUT2D eigenvalue weighted by molar-refractivity contribution is -0.133. The molecule has 0 aliphatic carbocycles. The fourth-order valence-corrected chi connectivity index (χ4v) is 5.12. The van der Waals surface area contributed by atoms with Gasteiger partial charge in [0.25, 0.3) is 0 Å². The van der Waals surface area contributed by atoms with Gasteiger partial charge in [-0.1, -0.05) is 23.4 Å². The molecule has 178 valence electrons. The van der Waals surface area contributed by atoms with E-state index in [4.69, 9.17) is 9.26 Å². The van der Waals surface area contributed by atoms with Gasteiger partial charge in [-0.2, -0.15) is 0 Å². The number of likely N-dealkylation sites (tertiary alicyclic amines) is 2. The number of ether oxygens (including phenoxy) is 1. The van der Waals surface area contributed by atoms with Crippen molar-refractivity contribution in [2.45, 2.75) is 64.1 Å². The average molecular weight is 455 g/mol. The zero-order valence-electron chi connectivity index (χ0n) is 19.8. The number of nitrogens with zero attached hydrogens (tertiary/aromatic N) is 3. The van der Waals surface area contributed by atoms with Crippen molar-refractivity contribution in [2.75, 3.05) is 26.7 Å². The Hall–Kier alpha value is -2.87. The smallest absolute Gasteiger partial charge is 0.237 e. The maximum Gasteiger partial charge on any atom is 0.237 e. The van der Waals surface area contributed by atoms with E-state index >= 15 is 0 Å². The van der Waals surface area contributed by atoms with E-state index in [0.717, 1.165) is 42.2 Å². The molecule has 0 radical (unpaired) electrons. The maximum absolute atomic E-state index is 12.8. The molecule has 0 bridgehead atoms. The average Bonchev–Trinajstić information content (AvgIpc) is 3.40. The lowest BCUT2D eigenvalue weighted by atomic mass is 10.0. The van der Waals surface area contributed by atoms with Crippen LogP contribution in [0.2, 0.25) is 0 Å². The van der Waals surface area contributed by atoms with Crippen LogP contribution in [0.15, 0.2) is 34.9 Å². The number of rotatable bonds is 7. The molecule has 3 heterocycles. The Kier molecular flexibility index (Phi) is 7.33. The number of amides is 2. The number of benzene rings is 1. The second-order valence-corrected chi connectivity index (χ2v) is 9.03. The predicted molar refractivity (Wildman–Crippen MR) is 124 cm³/mol. The molecular formula is C25H34N4O4. The lowest BCUT2D eigenvalue weighted by Gasteiger charge is -2.38. The third kappa shape index (κ3) is 5.38. The van der Waals surface area contributed by atoms with E-state index in [1.165, 1.54) is 0 Å². The van der Waals surface area contributed by atoms with Gasteiger partial charge in [0.15, 0.2) is 0 Å². The first-order valence-corrected chi connectivity index (χ1v) is 11.8. The van der Waals surface area contributed by atoms with Crippen molar-refractivity contribution in [1.29, 1.82) is 0 Å². The van der Waals surface area contributed by atoms with E-state index in [1.807, 2.05) is 49.1 Å². The van der Waals surface area contributed by atoms with E-state index in [1.54, 1.807) is 7.05 Å². The van der Waals surface area contributed by atoms with Crippen LogP contribution in [0.5, 0.6) is 5.75 Å². The molecular weight excluding hydrogens is 420 g/mol. The molecule has 2 aliphatic rings. The van der Waals surface area contributed by atoms with Gasteiger partial charge >= 0.3 is 0 Å². The Morgan fingerprint density at radius 3 is 2.55 bits per heavy atom. The summed E-state index contributed by atoms with van der Waals surface area (Å²) in [6.45, 7) is 5.95. The Labute approximate surface area is 195 Å². The van der Waals surface area contributed by atoms with Crippen molar-refractivity contribution in [1.82, 2.24) is 20.3 Å². The minimum absolute atomic E-state index is 0.0237. The number of piperidine rings is 1. The van der Waals surface area contributed by atoms with Crippen LogP contribution in [0.4, 0.5) is 0 Å². The van der Waals surface area contributed by atoms with Gasteiger partial charge in [0.1, 0.15) is 17.6 Å². The normalized spacial score (nSPS) is 21.8. The van der Waals surface area contributed by atoms with Crippen LogP contribution in [-0.2, 0) is 16.0 Å². The van der Waals surface area contributed by atoms with Gasteiger partial charge in [0, 0.05) is 51.1 Å². The third-order valence-corrected chi connectivity index (χ3v) is 6.95. The number of aromatic nitrogens is 1. The molecule has 4 rings (SSSR count). The first-order valence-electron chi connectivity index (χ1n) is 11.8. The Morgan fingerprint density at radius 1 is 1.18 bits per heavy atom. The van der Waals surface area contributed by atoms with Crippen molar-refractivity contribution in [3.05, 3.63) is 47.3 Å². The third-order valence-electron chi connectivity index (χ3n) is 6.95. The molecule has 1 aromatic heterocycles. The predicted octanol–water partition coefficient (Wildman–Crippen LogP) is 2.48. The van der Waals surface area contributed by atoms with Crippen molar-refractivity contribution >= 4 is 11.8 Å². The monoisotopic (exact) mass is 454 g/mol. The van der Waals surface area contributed by atoms with Gasteiger partial charge in [-0.25, -0.2) is 0 Å². The summed E-state index contributed by atoms with van der Waals surface area (Å²) in [6.07, 6.45) is 3.49. The van der Waals surface area contributed by atoms with E-state index < -0.39 is 0 Å². The number of carbonyl (C=O) groups excluding carboxylic acids is 2. The Morgan fingerprint density at radius 2 is 1.91 bits per heavy atom. The maximum atomic E-state index is 12.8. The molecule has 2 fully saturated rings. The van der Waals surface area contributed by atoms with E-state index in [2.05, 4.69) is 15.4 Å². The molecule has 2 amide bonds. The summed E-state index contributed by atoms with van der Waals surface area (Å²) in [7, 11) is 1.69. The van der Waals surface area contributed by atoms with Crippen molar-refractivity contribution in [3.63, 3.8) is 0 Å². The largest absolute Gasteiger partial charge is 0.489 e. The second kappa shape index (κ2) is 10.4. The molecule has 0 saturated carbocycles. The van der Waals surface area contributed by atoms with Crippen LogP contribution in [0, 0.1) is 13.8 Å². The van der Waals surface area contributed by atoms with Gasteiger partial charge in [0.05, 0.1) is 11.7 Å². The van der Waals surface area contributed by atoms with Gasteiger partial charge in [-0.15, -0.1) is 0 Å². The number of aryl methyl sites for hydroxylation is 2. The summed E-state index contributed by atoms with van der Waals surface area (Å²) < 4.78 is 11.4. The summed E-state index contributed by atoms with van der Waals surface area (Å²) in [5.74, 6) is 1.83. The highest BCUT2D eigenvalue weighted by atomic mass is 16.5. The quantitative estimate of drug-likeness (QED) is 0.692. The second-order valence-electron chi connectivity index (χ2n) is 9.03. The lowest BCUT2D eigenvalue weighted by Crippen LogP contribution is -2.51. The van der Waals surface area contributed by atoms with E-state index in [-0.39, 0.29) is 30.0 Å². The number of para-hydroxylation sites is 1. The van der Waals surface area contributed by atoms with E-state index in [9.17, 15) is 9.59 Å². The zero-order chi connectivity index (χ0) is 23.4. The molecule has 2 aliphatic heterocycles. The molecule has 2 saturated heterocycles. The van der Waals surface area contributed by atoms with Gasteiger partial charge in [-0.05, 0) is 45.2 Å². The van der Waals surface area contributed by atoms with Crippen molar-refractivity contribution < 1.29 is 18.8 Å². The SMILES string of the molecule is CNC(=O)[C@@H]1C[C@H](Oc2ccccc2)CN1C1CCN(C(=O)CCc2c(C)noc2C)CC1. The molecule has 2 aromatic rings. The first kappa shape index (κ1) is 23.3. The van der Waals surface area contributed by atoms with Crippen LogP contribution < -0.4 is 10.1 Å². The summed E-state index contributed by atoms with van der Waals surface area (Å²) in [4.78, 5) is 29.6. The molecule has 2 atom stereocenters. The summed E-state index contributed by atoms with van der Waals surface area (Å²) >= 11 is 0. The highest BCUT2D eigenvalue weighted by Crippen LogP contribution is 2.29. The topological polar surface area (TPSA) is 87.9 Å². The Bertz CT molecular complexity index is 933. The number of hydrogen-bond donors (Lipinski definition) is 1. The highest BCUT2D eigenvalue weighted by Gasteiger charge is 2.42. The van der Waals surface area contributed by atoms with Crippen LogP contribution in [0.1, 0.15) is 42.7 Å². The fourth-order valence-electron chi connectivity index (χ4n) is 5.12. The van der Waals surface area contributed by atoms with Crippen LogP contribution >= 0.6 is 0 Å². The zero-order valence-corrected chi connectivity index (χ0v) is 19.8. The van der Waals surface area contributed by atoms with Crippen molar-refractivity contribution in [3.8, 4) is 5.75 Å². The fraction of sp³-hybridized carbons (Fsp3) is 0.560. The minimum atomic E-state index is -0.199. The van der Waals surface area contributed by atoms with Gasteiger partial charge in [-0.3, -0.25) is 14.5 Å². The van der Waals surface area contributed by atoms with E-state index in [0.29, 0.717) is 32.4 Å². The van der Waals surface area contributed by atoms with Crippen LogP contribution in [0.3, 0.4) is 0 Å². The Balaban J connectivity index is 1.32. The number of carbonyl (C=O) groups is 2. The molecule has 8 heteroatoms. The molecule has 0 spiro atoms.